The Morgan fingerprint density at radius 3 is 2.56 bits per heavy atom. The maximum absolute atomic E-state index is 11.7. The van der Waals surface area contributed by atoms with E-state index < -0.39 is 0 Å². The van der Waals surface area contributed by atoms with Crippen LogP contribution in [0.3, 0.4) is 0 Å². The van der Waals surface area contributed by atoms with Gasteiger partial charge in [-0.15, -0.1) is 0 Å². The van der Waals surface area contributed by atoms with Crippen molar-refractivity contribution in [2.45, 2.75) is 13.0 Å². The SMILES string of the molecule is CNCCC(=O)N(C=O)Cc1ccc(OC)cc1. The van der Waals surface area contributed by atoms with Crippen molar-refractivity contribution in [2.75, 3.05) is 20.7 Å². The molecule has 0 aliphatic heterocycles. The first-order chi connectivity index (χ1) is 8.71. The van der Waals surface area contributed by atoms with Crippen LogP contribution in [0.4, 0.5) is 0 Å². The highest BCUT2D eigenvalue weighted by Gasteiger charge is 2.12. The Balaban J connectivity index is 2.61. The smallest absolute Gasteiger partial charge is 0.230 e. The van der Waals surface area contributed by atoms with Crippen LogP contribution in [-0.4, -0.2) is 37.9 Å². The molecule has 0 aromatic heterocycles. The lowest BCUT2D eigenvalue weighted by Crippen LogP contribution is -2.31. The summed E-state index contributed by atoms with van der Waals surface area (Å²) in [6, 6.07) is 7.27. The van der Waals surface area contributed by atoms with E-state index in [0.29, 0.717) is 19.4 Å². The van der Waals surface area contributed by atoms with Crippen LogP contribution in [0.15, 0.2) is 24.3 Å². The zero-order chi connectivity index (χ0) is 13.4. The number of imide groups is 1. The van der Waals surface area contributed by atoms with Crippen LogP contribution < -0.4 is 10.1 Å². The van der Waals surface area contributed by atoms with Crippen LogP contribution in [0.25, 0.3) is 0 Å². The topological polar surface area (TPSA) is 58.6 Å². The maximum atomic E-state index is 11.7. The highest BCUT2D eigenvalue weighted by Crippen LogP contribution is 2.12. The minimum atomic E-state index is -0.185. The third kappa shape index (κ3) is 4.18. The molecule has 98 valence electrons. The van der Waals surface area contributed by atoms with Crippen LogP contribution in [0.2, 0.25) is 0 Å². The predicted octanol–water partition coefficient (Wildman–Crippen LogP) is 0.790. The van der Waals surface area contributed by atoms with E-state index in [2.05, 4.69) is 5.32 Å². The number of nitrogens with zero attached hydrogens (tertiary/aromatic N) is 1. The summed E-state index contributed by atoms with van der Waals surface area (Å²) in [5.41, 5.74) is 0.890. The fourth-order valence-corrected chi connectivity index (χ4v) is 1.49. The van der Waals surface area contributed by atoms with Crippen molar-refractivity contribution in [3.8, 4) is 5.75 Å². The first kappa shape index (κ1) is 14.2. The number of methoxy groups -OCH3 is 1. The van der Waals surface area contributed by atoms with E-state index in [9.17, 15) is 9.59 Å². The third-order valence-electron chi connectivity index (χ3n) is 2.55. The lowest BCUT2D eigenvalue weighted by molar-refractivity contribution is -0.138. The number of rotatable bonds is 7. The minimum absolute atomic E-state index is 0.185. The van der Waals surface area contributed by atoms with Gasteiger partial charge in [0.1, 0.15) is 5.75 Å². The highest BCUT2D eigenvalue weighted by atomic mass is 16.5. The van der Waals surface area contributed by atoms with Gasteiger partial charge in [0.25, 0.3) is 0 Å². The summed E-state index contributed by atoms with van der Waals surface area (Å²) < 4.78 is 5.04. The lowest BCUT2D eigenvalue weighted by Gasteiger charge is -2.15. The molecule has 1 rings (SSSR count). The molecule has 0 aliphatic rings. The predicted molar refractivity (Wildman–Crippen MR) is 68.2 cm³/mol. The first-order valence-electron chi connectivity index (χ1n) is 5.73. The molecule has 0 saturated heterocycles. The van der Waals surface area contributed by atoms with Gasteiger partial charge in [0.2, 0.25) is 12.3 Å². The standard InChI is InChI=1S/C13H18N2O3/c1-14-8-7-13(17)15(10-16)9-11-3-5-12(18-2)6-4-11/h3-6,10,14H,7-9H2,1-2H3. The second-order valence-electron chi connectivity index (χ2n) is 3.83. The Bertz CT molecular complexity index is 390. The average molecular weight is 250 g/mol. The van der Waals surface area contributed by atoms with Gasteiger partial charge in [-0.2, -0.15) is 0 Å². The van der Waals surface area contributed by atoms with E-state index in [0.717, 1.165) is 11.3 Å². The number of hydrogen-bond donors (Lipinski definition) is 1. The molecular weight excluding hydrogens is 232 g/mol. The van der Waals surface area contributed by atoms with Gasteiger partial charge in [0.05, 0.1) is 13.7 Å². The van der Waals surface area contributed by atoms with Gasteiger partial charge >= 0.3 is 0 Å². The van der Waals surface area contributed by atoms with Crippen molar-refractivity contribution in [1.82, 2.24) is 10.2 Å². The summed E-state index contributed by atoms with van der Waals surface area (Å²) in [5, 5.41) is 2.88. The van der Waals surface area contributed by atoms with Crippen molar-refractivity contribution in [3.63, 3.8) is 0 Å². The van der Waals surface area contributed by atoms with Crippen LogP contribution >= 0.6 is 0 Å². The van der Waals surface area contributed by atoms with Gasteiger partial charge in [0, 0.05) is 13.0 Å². The third-order valence-corrected chi connectivity index (χ3v) is 2.55. The van der Waals surface area contributed by atoms with E-state index in [1.807, 2.05) is 12.1 Å². The van der Waals surface area contributed by atoms with Crippen LogP contribution in [0.1, 0.15) is 12.0 Å². The number of nitrogens with one attached hydrogen (secondary N) is 1. The van der Waals surface area contributed by atoms with E-state index in [4.69, 9.17) is 4.74 Å². The number of benzene rings is 1. The molecule has 0 saturated carbocycles. The van der Waals surface area contributed by atoms with E-state index in [-0.39, 0.29) is 12.5 Å². The van der Waals surface area contributed by atoms with E-state index in [1.54, 1.807) is 26.3 Å². The normalized spacial score (nSPS) is 9.89. The van der Waals surface area contributed by atoms with Gasteiger partial charge in [-0.25, -0.2) is 0 Å². The number of ether oxygens (including phenoxy) is 1. The zero-order valence-corrected chi connectivity index (χ0v) is 10.7. The van der Waals surface area contributed by atoms with Gasteiger partial charge in [-0.1, -0.05) is 12.1 Å². The Morgan fingerprint density at radius 2 is 2.06 bits per heavy atom. The molecule has 5 nitrogen and oxygen atoms in total. The second-order valence-corrected chi connectivity index (χ2v) is 3.83. The van der Waals surface area contributed by atoms with Crippen LogP contribution in [-0.2, 0) is 16.1 Å². The van der Waals surface area contributed by atoms with E-state index in [1.165, 1.54) is 4.90 Å². The van der Waals surface area contributed by atoms with Gasteiger partial charge in [-0.05, 0) is 24.7 Å². The van der Waals surface area contributed by atoms with Crippen molar-refractivity contribution in [2.24, 2.45) is 0 Å². The first-order valence-corrected chi connectivity index (χ1v) is 5.73. The van der Waals surface area contributed by atoms with Gasteiger partial charge in [-0.3, -0.25) is 14.5 Å². The molecular formula is C13H18N2O3. The molecule has 18 heavy (non-hydrogen) atoms. The summed E-state index contributed by atoms with van der Waals surface area (Å²) in [7, 11) is 3.36. The minimum Gasteiger partial charge on any atom is -0.497 e. The Hall–Kier alpha value is -1.88. The maximum Gasteiger partial charge on any atom is 0.230 e. The largest absolute Gasteiger partial charge is 0.497 e. The van der Waals surface area contributed by atoms with Crippen molar-refractivity contribution < 1.29 is 14.3 Å². The van der Waals surface area contributed by atoms with Crippen molar-refractivity contribution in [3.05, 3.63) is 29.8 Å². The molecule has 1 N–H and O–H groups in total. The molecule has 0 atom stereocenters. The average Bonchev–Trinajstić information content (AvgIpc) is 2.42. The zero-order valence-electron chi connectivity index (χ0n) is 10.7. The molecule has 0 unspecified atom stereocenters. The Morgan fingerprint density at radius 1 is 1.39 bits per heavy atom. The summed E-state index contributed by atoms with van der Waals surface area (Å²) in [5.74, 6) is 0.563. The molecule has 0 bridgehead atoms. The Labute approximate surface area is 107 Å². The molecule has 1 aromatic rings. The lowest BCUT2D eigenvalue weighted by atomic mass is 10.2. The van der Waals surface area contributed by atoms with E-state index >= 15 is 0 Å². The molecule has 0 spiro atoms. The fraction of sp³-hybridized carbons (Fsp3) is 0.385. The molecule has 0 radical (unpaired) electrons. The summed E-state index contributed by atoms with van der Waals surface area (Å²) in [6.45, 7) is 0.849. The van der Waals surface area contributed by atoms with Crippen molar-refractivity contribution >= 4 is 12.3 Å². The molecule has 5 heteroatoms. The summed E-state index contributed by atoms with van der Waals surface area (Å²) in [6.07, 6.45) is 0.883. The number of amides is 2. The number of carbonyl (C=O) groups is 2. The number of hydrogen-bond acceptors (Lipinski definition) is 4. The summed E-state index contributed by atoms with van der Waals surface area (Å²) >= 11 is 0. The van der Waals surface area contributed by atoms with Crippen molar-refractivity contribution in [1.29, 1.82) is 0 Å². The highest BCUT2D eigenvalue weighted by molar-refractivity contribution is 5.86. The quantitative estimate of drug-likeness (QED) is 0.727. The number of carbonyl (C=O) groups excluding carboxylic acids is 2. The van der Waals surface area contributed by atoms with Gasteiger partial charge < -0.3 is 10.1 Å². The molecule has 0 fully saturated rings. The van der Waals surface area contributed by atoms with Crippen LogP contribution in [0.5, 0.6) is 5.75 Å². The molecule has 0 heterocycles. The molecule has 0 aliphatic carbocycles. The second kappa shape index (κ2) is 7.45. The Kier molecular flexibility index (Phi) is 5.87. The molecule has 2 amide bonds. The molecule has 1 aromatic carbocycles. The fourth-order valence-electron chi connectivity index (χ4n) is 1.49. The summed E-state index contributed by atoms with van der Waals surface area (Å²) in [4.78, 5) is 23.8. The monoisotopic (exact) mass is 250 g/mol. The van der Waals surface area contributed by atoms with Gasteiger partial charge in [0.15, 0.2) is 0 Å². The van der Waals surface area contributed by atoms with Crippen LogP contribution in [0, 0.1) is 0 Å².